The molecule has 0 radical (unpaired) electrons. The van der Waals surface area contributed by atoms with Crippen molar-refractivity contribution >= 4 is 11.6 Å². The standard InChI is InChI=1S/C14H20N2O3/c1-14(2,15)9-12(17)16-11-5-3-10(4-6-11)13-18-7-8-19-13/h3-6,13H,7-9,15H2,1-2H3,(H,16,17). The number of carbonyl (C=O) groups is 1. The minimum absolute atomic E-state index is 0.0892. The van der Waals surface area contributed by atoms with Gasteiger partial charge in [-0.3, -0.25) is 4.79 Å². The molecule has 0 saturated carbocycles. The van der Waals surface area contributed by atoms with E-state index in [1.807, 2.05) is 38.1 Å². The molecule has 1 aliphatic rings. The van der Waals surface area contributed by atoms with Crippen molar-refractivity contribution in [3.05, 3.63) is 29.8 Å². The van der Waals surface area contributed by atoms with Crippen LogP contribution in [0.15, 0.2) is 24.3 Å². The first-order valence-corrected chi connectivity index (χ1v) is 6.36. The number of nitrogens with two attached hydrogens (primary N) is 1. The Kier molecular flexibility index (Phi) is 4.19. The van der Waals surface area contributed by atoms with Crippen molar-refractivity contribution in [3.63, 3.8) is 0 Å². The summed E-state index contributed by atoms with van der Waals surface area (Å²) in [7, 11) is 0. The van der Waals surface area contributed by atoms with Crippen LogP contribution in [0.2, 0.25) is 0 Å². The van der Waals surface area contributed by atoms with Gasteiger partial charge in [-0.1, -0.05) is 12.1 Å². The molecular formula is C14H20N2O3. The third-order valence-corrected chi connectivity index (χ3v) is 2.70. The third-order valence-electron chi connectivity index (χ3n) is 2.70. The van der Waals surface area contributed by atoms with E-state index in [-0.39, 0.29) is 18.6 Å². The van der Waals surface area contributed by atoms with E-state index in [4.69, 9.17) is 15.2 Å². The van der Waals surface area contributed by atoms with E-state index in [1.54, 1.807) is 0 Å². The number of hydrogen-bond acceptors (Lipinski definition) is 4. The highest BCUT2D eigenvalue weighted by atomic mass is 16.7. The molecule has 19 heavy (non-hydrogen) atoms. The summed E-state index contributed by atoms with van der Waals surface area (Å²) in [4.78, 5) is 11.7. The molecule has 1 aliphatic heterocycles. The van der Waals surface area contributed by atoms with E-state index in [0.717, 1.165) is 11.3 Å². The van der Waals surface area contributed by atoms with Crippen molar-refractivity contribution < 1.29 is 14.3 Å². The van der Waals surface area contributed by atoms with Crippen LogP contribution in [0.5, 0.6) is 0 Å². The third kappa shape index (κ3) is 4.31. The fourth-order valence-corrected chi connectivity index (χ4v) is 1.89. The van der Waals surface area contributed by atoms with Crippen LogP contribution >= 0.6 is 0 Å². The summed E-state index contributed by atoms with van der Waals surface area (Å²) < 4.78 is 10.8. The summed E-state index contributed by atoms with van der Waals surface area (Å²) in [6.07, 6.45) is -0.00316. The Balaban J connectivity index is 1.93. The van der Waals surface area contributed by atoms with Crippen LogP contribution in [0.4, 0.5) is 5.69 Å². The van der Waals surface area contributed by atoms with E-state index < -0.39 is 5.54 Å². The zero-order chi connectivity index (χ0) is 13.9. The smallest absolute Gasteiger partial charge is 0.226 e. The lowest BCUT2D eigenvalue weighted by molar-refractivity contribution is -0.117. The maximum atomic E-state index is 11.7. The molecule has 0 aliphatic carbocycles. The lowest BCUT2D eigenvalue weighted by atomic mass is 10.0. The molecule has 0 aromatic heterocycles. The van der Waals surface area contributed by atoms with Crippen LogP contribution in [-0.4, -0.2) is 24.7 Å². The first-order chi connectivity index (χ1) is 8.94. The molecular weight excluding hydrogens is 244 g/mol. The van der Waals surface area contributed by atoms with E-state index in [9.17, 15) is 4.79 Å². The van der Waals surface area contributed by atoms with Gasteiger partial charge in [0.2, 0.25) is 5.91 Å². The van der Waals surface area contributed by atoms with E-state index in [1.165, 1.54) is 0 Å². The molecule has 0 unspecified atom stereocenters. The molecule has 0 atom stereocenters. The monoisotopic (exact) mass is 264 g/mol. The molecule has 0 bridgehead atoms. The van der Waals surface area contributed by atoms with Crippen molar-refractivity contribution in [2.75, 3.05) is 18.5 Å². The van der Waals surface area contributed by atoms with Gasteiger partial charge in [0.15, 0.2) is 6.29 Å². The van der Waals surface area contributed by atoms with Crippen LogP contribution in [-0.2, 0) is 14.3 Å². The Morgan fingerprint density at radius 3 is 2.42 bits per heavy atom. The Morgan fingerprint density at radius 1 is 1.32 bits per heavy atom. The number of nitrogens with one attached hydrogen (secondary N) is 1. The lowest BCUT2D eigenvalue weighted by Gasteiger charge is -2.17. The SMILES string of the molecule is CC(C)(N)CC(=O)Nc1ccc(C2OCCO2)cc1. The van der Waals surface area contributed by atoms with Gasteiger partial charge in [-0.25, -0.2) is 0 Å². The molecule has 0 spiro atoms. The van der Waals surface area contributed by atoms with Gasteiger partial charge in [0.25, 0.3) is 0 Å². The molecule has 2 rings (SSSR count). The summed E-state index contributed by atoms with van der Waals surface area (Å²) in [5.74, 6) is -0.0892. The number of amides is 1. The average molecular weight is 264 g/mol. The molecule has 1 saturated heterocycles. The topological polar surface area (TPSA) is 73.6 Å². The summed E-state index contributed by atoms with van der Waals surface area (Å²) >= 11 is 0. The number of anilines is 1. The molecule has 5 nitrogen and oxygen atoms in total. The van der Waals surface area contributed by atoms with Gasteiger partial charge >= 0.3 is 0 Å². The predicted octanol–water partition coefficient (Wildman–Crippen LogP) is 1.80. The predicted molar refractivity (Wildman–Crippen MR) is 72.6 cm³/mol. The minimum atomic E-state index is -0.504. The van der Waals surface area contributed by atoms with E-state index >= 15 is 0 Å². The molecule has 1 aromatic rings. The van der Waals surface area contributed by atoms with Gasteiger partial charge in [0, 0.05) is 23.2 Å². The highest BCUT2D eigenvalue weighted by Crippen LogP contribution is 2.24. The fourth-order valence-electron chi connectivity index (χ4n) is 1.89. The fraction of sp³-hybridized carbons (Fsp3) is 0.500. The van der Waals surface area contributed by atoms with Crippen molar-refractivity contribution in [3.8, 4) is 0 Å². The zero-order valence-electron chi connectivity index (χ0n) is 11.3. The Morgan fingerprint density at radius 2 is 1.89 bits per heavy atom. The number of ether oxygens (including phenoxy) is 2. The summed E-state index contributed by atoms with van der Waals surface area (Å²) in [5, 5.41) is 2.82. The van der Waals surface area contributed by atoms with Crippen molar-refractivity contribution in [2.45, 2.75) is 32.1 Å². The first kappa shape index (κ1) is 14.0. The molecule has 3 N–H and O–H groups in total. The summed E-state index contributed by atoms with van der Waals surface area (Å²) in [6.45, 7) is 4.89. The highest BCUT2D eigenvalue weighted by Gasteiger charge is 2.19. The van der Waals surface area contributed by atoms with Crippen LogP contribution < -0.4 is 11.1 Å². The number of benzene rings is 1. The number of carbonyl (C=O) groups excluding carboxylic acids is 1. The Bertz CT molecular complexity index is 431. The molecule has 104 valence electrons. The molecule has 1 fully saturated rings. The van der Waals surface area contributed by atoms with Crippen molar-refractivity contribution in [2.24, 2.45) is 5.73 Å². The summed E-state index contributed by atoms with van der Waals surface area (Å²) in [5.41, 5.74) is 7.00. The van der Waals surface area contributed by atoms with E-state index in [2.05, 4.69) is 5.32 Å². The zero-order valence-corrected chi connectivity index (χ0v) is 11.3. The van der Waals surface area contributed by atoms with Crippen LogP contribution in [0, 0.1) is 0 Å². The van der Waals surface area contributed by atoms with Crippen molar-refractivity contribution in [1.82, 2.24) is 0 Å². The van der Waals surface area contributed by atoms with Crippen LogP contribution in [0.25, 0.3) is 0 Å². The maximum Gasteiger partial charge on any atom is 0.226 e. The van der Waals surface area contributed by atoms with Crippen LogP contribution in [0.3, 0.4) is 0 Å². The second-order valence-corrected chi connectivity index (χ2v) is 5.41. The van der Waals surface area contributed by atoms with Gasteiger partial charge in [0.1, 0.15) is 0 Å². The van der Waals surface area contributed by atoms with E-state index in [0.29, 0.717) is 13.2 Å². The Hall–Kier alpha value is -1.43. The number of hydrogen-bond donors (Lipinski definition) is 2. The largest absolute Gasteiger partial charge is 0.346 e. The van der Waals surface area contributed by atoms with Crippen molar-refractivity contribution in [1.29, 1.82) is 0 Å². The van der Waals surface area contributed by atoms with Crippen LogP contribution in [0.1, 0.15) is 32.1 Å². The van der Waals surface area contributed by atoms with Gasteiger partial charge < -0.3 is 20.5 Å². The maximum absolute atomic E-state index is 11.7. The quantitative estimate of drug-likeness (QED) is 0.869. The normalized spacial score (nSPS) is 16.6. The summed E-state index contributed by atoms with van der Waals surface area (Å²) in [6, 6.07) is 7.45. The highest BCUT2D eigenvalue weighted by molar-refractivity contribution is 5.91. The van der Waals surface area contributed by atoms with Gasteiger partial charge in [0.05, 0.1) is 13.2 Å². The lowest BCUT2D eigenvalue weighted by Crippen LogP contribution is -2.36. The second kappa shape index (κ2) is 5.69. The average Bonchev–Trinajstić information content (AvgIpc) is 2.80. The number of rotatable bonds is 4. The molecule has 1 amide bonds. The van der Waals surface area contributed by atoms with Gasteiger partial charge in [-0.2, -0.15) is 0 Å². The minimum Gasteiger partial charge on any atom is -0.346 e. The molecule has 5 heteroatoms. The molecule has 1 aromatic carbocycles. The molecule has 1 heterocycles. The first-order valence-electron chi connectivity index (χ1n) is 6.36. The van der Waals surface area contributed by atoms with Gasteiger partial charge in [-0.05, 0) is 26.0 Å². The Labute approximate surface area is 113 Å². The van der Waals surface area contributed by atoms with Gasteiger partial charge in [-0.15, -0.1) is 0 Å². The second-order valence-electron chi connectivity index (χ2n) is 5.41.